The second kappa shape index (κ2) is 19.5. The molecule has 1 aliphatic rings. The van der Waals surface area contributed by atoms with Gasteiger partial charge in [0, 0.05) is 77.6 Å². The van der Waals surface area contributed by atoms with E-state index in [1.807, 2.05) is 12.3 Å². The van der Waals surface area contributed by atoms with Crippen LogP contribution in [0.2, 0.25) is 0 Å². The predicted octanol–water partition coefficient (Wildman–Crippen LogP) is 17.9. The molecule has 1 aliphatic heterocycles. The molecule has 0 fully saturated rings. The van der Waals surface area contributed by atoms with E-state index in [2.05, 4.69) is 287 Å². The normalized spacial score (nSPS) is 13.7. The number of pyridine rings is 1. The quantitative estimate of drug-likeness (QED) is 0.128. The SMILES string of the molecule is CC(C)(C)C1=C(C(C)(C)C)N(c2cc(-c3ccccc3)cc(C(C)(C)C)c2)[CH-]N1c1[c-]c(Oc2[c-]c3c(cc2)c2ccccc2n3-c2cc(C(C)(C)c3ccccc3)ccn2)cc(C(C)(C)c2ccccc2)c1.[Pt]. The van der Waals surface area contributed by atoms with Crippen molar-refractivity contribution in [3.05, 3.63) is 234 Å². The largest absolute Gasteiger partial charge is 0.509 e. The molecule has 0 saturated heterocycles. The summed E-state index contributed by atoms with van der Waals surface area (Å²) >= 11 is 0. The zero-order chi connectivity index (χ0) is 51.7. The van der Waals surface area contributed by atoms with Gasteiger partial charge >= 0.3 is 0 Å². The summed E-state index contributed by atoms with van der Waals surface area (Å²) in [7, 11) is 0. The van der Waals surface area contributed by atoms with Gasteiger partial charge in [0.2, 0.25) is 0 Å². The molecule has 3 heterocycles. The molecule has 6 heteroatoms. The van der Waals surface area contributed by atoms with E-state index in [1.54, 1.807) is 0 Å². The third-order valence-electron chi connectivity index (χ3n) is 14.8. The van der Waals surface area contributed by atoms with Crippen molar-refractivity contribution in [2.24, 2.45) is 10.8 Å². The first-order valence-corrected chi connectivity index (χ1v) is 25.8. The summed E-state index contributed by atoms with van der Waals surface area (Å²) in [6, 6.07) is 68.5. The van der Waals surface area contributed by atoms with Crippen LogP contribution >= 0.6 is 0 Å². The number of hydrogen-bond acceptors (Lipinski definition) is 4. The summed E-state index contributed by atoms with van der Waals surface area (Å²) in [5.74, 6) is 2.03. The molecule has 0 atom stereocenters. The van der Waals surface area contributed by atoms with E-state index in [1.165, 1.54) is 44.8 Å². The molecular formula is C68H69N4OPt-3. The van der Waals surface area contributed by atoms with Crippen molar-refractivity contribution in [1.82, 2.24) is 9.55 Å². The Morgan fingerprint density at radius 3 is 1.65 bits per heavy atom. The van der Waals surface area contributed by atoms with E-state index in [0.29, 0.717) is 11.5 Å². The maximum Gasteiger partial charge on any atom is 0.135 e. The van der Waals surface area contributed by atoms with Crippen LogP contribution in [0.3, 0.4) is 0 Å². The van der Waals surface area contributed by atoms with Gasteiger partial charge in [-0.25, -0.2) is 4.98 Å². The van der Waals surface area contributed by atoms with Crippen molar-refractivity contribution in [2.45, 2.75) is 106 Å². The number of nitrogens with zero attached hydrogens (tertiary/aromatic N) is 4. The molecule has 0 unspecified atom stereocenters. The first-order chi connectivity index (χ1) is 34.6. The maximum atomic E-state index is 7.11. The van der Waals surface area contributed by atoms with Gasteiger partial charge in [0.1, 0.15) is 5.82 Å². The van der Waals surface area contributed by atoms with Crippen molar-refractivity contribution < 1.29 is 25.8 Å². The van der Waals surface area contributed by atoms with Crippen LogP contribution in [0.4, 0.5) is 11.4 Å². The second-order valence-electron chi connectivity index (χ2n) is 24.0. The average Bonchev–Trinajstić information content (AvgIpc) is 3.95. The fourth-order valence-electron chi connectivity index (χ4n) is 10.6. The molecule has 74 heavy (non-hydrogen) atoms. The first kappa shape index (κ1) is 52.2. The van der Waals surface area contributed by atoms with Gasteiger partial charge in [-0.3, -0.25) is 0 Å². The fourth-order valence-corrected chi connectivity index (χ4v) is 10.6. The number of aromatic nitrogens is 2. The van der Waals surface area contributed by atoms with E-state index in [0.717, 1.165) is 44.6 Å². The molecule has 0 bridgehead atoms. The topological polar surface area (TPSA) is 33.5 Å². The number of rotatable bonds is 10. The summed E-state index contributed by atoms with van der Waals surface area (Å²) in [6.07, 6.45) is 1.93. The number of fused-ring (bicyclic) bond motifs is 3. The molecule has 10 rings (SSSR count). The minimum Gasteiger partial charge on any atom is -0.509 e. The molecule has 0 aliphatic carbocycles. The molecule has 7 aromatic carbocycles. The Hall–Kier alpha value is -6.68. The Morgan fingerprint density at radius 2 is 1.03 bits per heavy atom. The monoisotopic (exact) mass is 1150 g/mol. The molecule has 0 saturated carbocycles. The molecule has 0 spiro atoms. The zero-order valence-corrected chi connectivity index (χ0v) is 47.6. The van der Waals surface area contributed by atoms with Gasteiger partial charge in [-0.2, -0.15) is 6.07 Å². The van der Waals surface area contributed by atoms with Crippen LogP contribution in [0.15, 0.2) is 187 Å². The Morgan fingerprint density at radius 1 is 0.446 bits per heavy atom. The smallest absolute Gasteiger partial charge is 0.135 e. The molecular weight excluding hydrogens is 1080 g/mol. The van der Waals surface area contributed by atoms with Gasteiger partial charge in [0.25, 0.3) is 0 Å². The van der Waals surface area contributed by atoms with E-state index in [4.69, 9.17) is 9.72 Å². The third kappa shape index (κ3) is 9.89. The van der Waals surface area contributed by atoms with Gasteiger partial charge in [0.15, 0.2) is 0 Å². The van der Waals surface area contributed by atoms with E-state index >= 15 is 0 Å². The number of para-hydroxylation sites is 1. The van der Waals surface area contributed by atoms with Crippen LogP contribution in [-0.4, -0.2) is 9.55 Å². The van der Waals surface area contributed by atoms with Gasteiger partial charge in [0.05, 0.1) is 0 Å². The number of ether oxygens (including phenoxy) is 1. The predicted molar refractivity (Wildman–Crippen MR) is 306 cm³/mol. The van der Waals surface area contributed by atoms with Crippen molar-refractivity contribution in [2.75, 3.05) is 9.80 Å². The van der Waals surface area contributed by atoms with Crippen LogP contribution in [0.1, 0.15) is 118 Å². The van der Waals surface area contributed by atoms with Gasteiger partial charge < -0.3 is 19.1 Å². The Kier molecular flexibility index (Phi) is 13.8. The van der Waals surface area contributed by atoms with E-state index in [9.17, 15) is 0 Å². The zero-order valence-electron chi connectivity index (χ0n) is 45.3. The molecule has 0 radical (unpaired) electrons. The summed E-state index contributed by atoms with van der Waals surface area (Å²) in [5.41, 5.74) is 13.6. The maximum absolute atomic E-state index is 7.11. The number of hydrogen-bond donors (Lipinski definition) is 0. The molecule has 380 valence electrons. The third-order valence-corrected chi connectivity index (χ3v) is 14.8. The summed E-state index contributed by atoms with van der Waals surface area (Å²) < 4.78 is 9.34. The van der Waals surface area contributed by atoms with Crippen LogP contribution in [0.25, 0.3) is 38.8 Å². The standard InChI is InChI=1S/C68H69N4O.Pt/c1-64(2,3)51-37-47(46-25-17-14-18-26-46)38-53(39-51)70-45-71(63(66(7,8)9)62(70)65(4,5)6)54-40-52(68(12,13)49-29-21-16-22-30-49)41-56(43-54)73-55-33-34-58-57-31-23-24-32-59(57)72(60(58)44-55)61-42-50(35-36-69-61)67(10,11)48-27-19-15-20-28-48;/h14-42,45H,1-13H3;/q-3;. The van der Waals surface area contributed by atoms with Crippen LogP contribution in [-0.2, 0) is 37.3 Å². The summed E-state index contributed by atoms with van der Waals surface area (Å²) in [5, 5.41) is 2.21. The van der Waals surface area contributed by atoms with Crippen LogP contribution in [0.5, 0.6) is 11.5 Å². The van der Waals surface area contributed by atoms with E-state index < -0.39 is 5.41 Å². The van der Waals surface area contributed by atoms with Crippen LogP contribution in [0, 0.1) is 29.6 Å². The van der Waals surface area contributed by atoms with Crippen LogP contribution < -0.4 is 14.5 Å². The number of allylic oxidation sites excluding steroid dienone is 2. The van der Waals surface area contributed by atoms with Crippen molar-refractivity contribution in [1.29, 1.82) is 0 Å². The van der Waals surface area contributed by atoms with Gasteiger partial charge in [-0.15, -0.1) is 53.6 Å². The van der Waals surface area contributed by atoms with Crippen molar-refractivity contribution >= 4 is 33.2 Å². The molecule has 9 aromatic rings. The molecule has 5 nitrogen and oxygen atoms in total. The second-order valence-corrected chi connectivity index (χ2v) is 24.0. The van der Waals surface area contributed by atoms with E-state index in [-0.39, 0.29) is 42.7 Å². The van der Waals surface area contributed by atoms with Crippen molar-refractivity contribution in [3.63, 3.8) is 0 Å². The molecule has 0 amide bonds. The fraction of sp³-hybridized carbons (Fsp3) is 0.265. The van der Waals surface area contributed by atoms with Gasteiger partial charge in [-0.05, 0) is 79.9 Å². The van der Waals surface area contributed by atoms with Gasteiger partial charge in [-0.1, -0.05) is 211 Å². The Balaban J connectivity index is 0.00000672. The summed E-state index contributed by atoms with van der Waals surface area (Å²) in [4.78, 5) is 9.84. The minimum atomic E-state index is -0.392. The average molecular weight is 1150 g/mol. The first-order valence-electron chi connectivity index (χ1n) is 25.8. The molecule has 2 aromatic heterocycles. The van der Waals surface area contributed by atoms with Crippen molar-refractivity contribution in [3.8, 4) is 28.4 Å². The number of benzene rings is 7. The minimum absolute atomic E-state index is 0. The Bertz CT molecular complexity index is 3510. The number of anilines is 2. The Labute approximate surface area is 455 Å². The summed E-state index contributed by atoms with van der Waals surface area (Å²) in [6.45, 7) is 32.3. The molecule has 0 N–H and O–H groups in total.